The van der Waals surface area contributed by atoms with Crippen molar-refractivity contribution in [3.05, 3.63) is 46.6 Å². The second-order valence-electron chi connectivity index (χ2n) is 6.20. The Labute approximate surface area is 146 Å². The van der Waals surface area contributed by atoms with Crippen molar-refractivity contribution in [1.29, 1.82) is 0 Å². The average molecular weight is 370 g/mol. The van der Waals surface area contributed by atoms with Crippen molar-refractivity contribution in [3.8, 4) is 0 Å². The topological polar surface area (TPSA) is 75.1 Å². The summed E-state index contributed by atoms with van der Waals surface area (Å²) in [5.74, 6) is 0.459. The molecule has 1 aromatic heterocycles. The maximum absolute atomic E-state index is 13.2. The van der Waals surface area contributed by atoms with E-state index in [4.69, 9.17) is 11.6 Å². The van der Waals surface area contributed by atoms with E-state index in [9.17, 15) is 13.7 Å². The Morgan fingerprint density at radius 1 is 1.33 bits per heavy atom. The van der Waals surface area contributed by atoms with Crippen LogP contribution in [-0.4, -0.2) is 30.6 Å². The third-order valence-corrected chi connectivity index (χ3v) is 5.48. The largest absolute Gasteiger partial charge is 0.388 e. The molecule has 3 rings (SSSR count). The van der Waals surface area contributed by atoms with Crippen molar-refractivity contribution in [2.45, 2.75) is 36.8 Å². The number of anilines is 1. The molecule has 0 fully saturated rings. The number of aliphatic hydroxyl groups is 1. The molecule has 24 heavy (non-hydrogen) atoms. The van der Waals surface area contributed by atoms with Crippen LogP contribution in [-0.2, 0) is 17.2 Å². The van der Waals surface area contributed by atoms with Gasteiger partial charge in [-0.3, -0.25) is 4.21 Å². The van der Waals surface area contributed by atoms with Gasteiger partial charge in [0.05, 0.1) is 28.1 Å². The van der Waals surface area contributed by atoms with Crippen molar-refractivity contribution < 1.29 is 13.7 Å². The zero-order valence-electron chi connectivity index (χ0n) is 13.2. The predicted octanol–water partition coefficient (Wildman–Crippen LogP) is 2.86. The summed E-state index contributed by atoms with van der Waals surface area (Å²) in [5, 5.41) is 13.7. The number of hydrogen-bond donors (Lipinski definition) is 2. The Morgan fingerprint density at radius 2 is 2.00 bits per heavy atom. The molecule has 0 amide bonds. The van der Waals surface area contributed by atoms with Gasteiger partial charge < -0.3 is 10.4 Å². The van der Waals surface area contributed by atoms with Crippen LogP contribution in [0.15, 0.2) is 29.2 Å². The number of nitrogens with one attached hydrogen (secondary N) is 1. The lowest BCUT2D eigenvalue weighted by molar-refractivity contribution is 0.0586. The van der Waals surface area contributed by atoms with Gasteiger partial charge in [0.1, 0.15) is 16.5 Å². The van der Waals surface area contributed by atoms with E-state index >= 15 is 0 Å². The fraction of sp³-hybridized carbons (Fsp3) is 0.375. The van der Waals surface area contributed by atoms with Crippen LogP contribution in [0.2, 0.25) is 5.28 Å². The Bertz CT molecular complexity index is 793. The summed E-state index contributed by atoms with van der Waals surface area (Å²) in [5.41, 5.74) is 0.156. The molecule has 0 saturated heterocycles. The summed E-state index contributed by atoms with van der Waals surface area (Å²) in [4.78, 5) is 8.81. The molecule has 8 heteroatoms. The lowest BCUT2D eigenvalue weighted by Crippen LogP contribution is -2.35. The van der Waals surface area contributed by atoms with Gasteiger partial charge in [-0.15, -0.1) is 0 Å². The van der Waals surface area contributed by atoms with Gasteiger partial charge in [-0.1, -0.05) is 12.1 Å². The predicted molar refractivity (Wildman–Crippen MR) is 91.1 cm³/mol. The first kappa shape index (κ1) is 17.3. The van der Waals surface area contributed by atoms with Gasteiger partial charge in [0.2, 0.25) is 5.28 Å². The van der Waals surface area contributed by atoms with Crippen LogP contribution in [0.25, 0.3) is 0 Å². The lowest BCUT2D eigenvalue weighted by Gasteiger charge is -2.31. The van der Waals surface area contributed by atoms with Crippen LogP contribution < -0.4 is 5.32 Å². The molecular weight excluding hydrogens is 353 g/mol. The van der Waals surface area contributed by atoms with E-state index in [1.165, 1.54) is 12.1 Å². The first-order valence-corrected chi connectivity index (χ1v) is 9.14. The van der Waals surface area contributed by atoms with Crippen molar-refractivity contribution in [2.24, 2.45) is 0 Å². The number of benzene rings is 1. The molecule has 2 atom stereocenters. The van der Waals surface area contributed by atoms with E-state index in [1.54, 1.807) is 26.0 Å². The molecule has 0 radical (unpaired) electrons. The monoisotopic (exact) mass is 369 g/mol. The Hall–Kier alpha value is -1.57. The van der Waals surface area contributed by atoms with Crippen LogP contribution in [0.1, 0.15) is 31.1 Å². The number of halogens is 2. The smallest absolute Gasteiger partial charge is 0.224 e. The van der Waals surface area contributed by atoms with Crippen LogP contribution in [0.5, 0.6) is 0 Å². The fourth-order valence-electron chi connectivity index (χ4n) is 2.72. The third-order valence-electron chi connectivity index (χ3n) is 3.85. The molecule has 128 valence electrons. The summed E-state index contributed by atoms with van der Waals surface area (Å²) in [7, 11) is -1.21. The molecule has 0 spiro atoms. The van der Waals surface area contributed by atoms with Gasteiger partial charge in [0, 0.05) is 12.2 Å². The van der Waals surface area contributed by atoms with E-state index in [1.807, 2.05) is 0 Å². The van der Waals surface area contributed by atoms with E-state index < -0.39 is 22.4 Å². The maximum Gasteiger partial charge on any atom is 0.224 e. The molecule has 2 aromatic rings. The third kappa shape index (κ3) is 3.43. The van der Waals surface area contributed by atoms with Gasteiger partial charge in [0.25, 0.3) is 0 Å². The molecule has 0 bridgehead atoms. The molecule has 5 nitrogen and oxygen atoms in total. The zero-order chi connectivity index (χ0) is 17.5. The summed E-state index contributed by atoms with van der Waals surface area (Å²) < 4.78 is 25.4. The molecule has 2 N–H and O–H groups in total. The van der Waals surface area contributed by atoms with Crippen molar-refractivity contribution in [1.82, 2.24) is 9.97 Å². The summed E-state index contributed by atoms with van der Waals surface area (Å²) >= 11 is 5.97. The normalized spacial score (nSPS) is 18.3. The Kier molecular flexibility index (Phi) is 4.59. The second kappa shape index (κ2) is 6.38. The maximum atomic E-state index is 13.2. The van der Waals surface area contributed by atoms with Crippen molar-refractivity contribution in [2.75, 3.05) is 11.1 Å². The van der Waals surface area contributed by atoms with Gasteiger partial charge in [0.15, 0.2) is 0 Å². The number of nitrogens with zero attached hydrogens (tertiary/aromatic N) is 2. The Morgan fingerprint density at radius 3 is 2.62 bits per heavy atom. The SMILES string of the molecule is CC(C)(O)C(Nc1nc(Cl)nc2c1[S@](=O)CC2)c1ccc(F)cc1. The van der Waals surface area contributed by atoms with E-state index in [0.29, 0.717) is 34.1 Å². The minimum Gasteiger partial charge on any atom is -0.388 e. The number of aryl methyl sites for hydroxylation is 1. The molecule has 1 aromatic carbocycles. The standard InChI is InChI=1S/C16H17ClFN3O2S/c1-16(2,22)13(9-3-5-10(18)6-4-9)20-14-12-11(7-8-24(12)23)19-15(17)21-14/h3-6,13,22H,7-8H2,1-2H3,(H,19,20,21)/t13?,24-/m1/s1. The quantitative estimate of drug-likeness (QED) is 0.810. The summed E-state index contributed by atoms with van der Waals surface area (Å²) in [6.45, 7) is 3.27. The minimum atomic E-state index is -1.21. The fourth-order valence-corrected chi connectivity index (χ4v) is 4.22. The first-order chi connectivity index (χ1) is 11.3. The highest BCUT2D eigenvalue weighted by Gasteiger charge is 2.32. The molecule has 1 unspecified atom stereocenters. The number of fused-ring (bicyclic) bond motifs is 1. The van der Waals surface area contributed by atoms with Gasteiger partial charge in [-0.05, 0) is 43.1 Å². The lowest BCUT2D eigenvalue weighted by atomic mass is 9.92. The summed E-state index contributed by atoms with van der Waals surface area (Å²) in [6, 6.07) is 5.23. The van der Waals surface area contributed by atoms with Gasteiger partial charge in [-0.2, -0.15) is 4.98 Å². The number of aromatic nitrogens is 2. The molecular formula is C16H17ClFN3O2S. The number of hydrogen-bond acceptors (Lipinski definition) is 5. The highest BCUT2D eigenvalue weighted by Crippen LogP contribution is 2.34. The van der Waals surface area contributed by atoms with Crippen molar-refractivity contribution >= 4 is 28.2 Å². The molecule has 1 aliphatic rings. The molecule has 0 aliphatic carbocycles. The van der Waals surface area contributed by atoms with E-state index in [2.05, 4.69) is 15.3 Å². The van der Waals surface area contributed by atoms with Crippen LogP contribution in [0.3, 0.4) is 0 Å². The molecule has 0 saturated carbocycles. The zero-order valence-corrected chi connectivity index (χ0v) is 14.8. The van der Waals surface area contributed by atoms with Crippen molar-refractivity contribution in [3.63, 3.8) is 0 Å². The van der Waals surface area contributed by atoms with Gasteiger partial charge >= 0.3 is 0 Å². The summed E-state index contributed by atoms with van der Waals surface area (Å²) in [6.07, 6.45) is 0.572. The highest BCUT2D eigenvalue weighted by atomic mass is 35.5. The number of rotatable bonds is 4. The minimum absolute atomic E-state index is 0.0590. The Balaban J connectivity index is 2.03. The van der Waals surface area contributed by atoms with Gasteiger partial charge in [-0.25, -0.2) is 9.37 Å². The van der Waals surface area contributed by atoms with Crippen LogP contribution >= 0.6 is 11.6 Å². The van der Waals surface area contributed by atoms with Crippen LogP contribution in [0, 0.1) is 5.82 Å². The molecule has 1 aliphatic heterocycles. The second-order valence-corrected chi connectivity index (χ2v) is 8.04. The average Bonchev–Trinajstić information content (AvgIpc) is 2.86. The highest BCUT2D eigenvalue weighted by molar-refractivity contribution is 7.85. The first-order valence-electron chi connectivity index (χ1n) is 7.45. The van der Waals surface area contributed by atoms with Crippen LogP contribution in [0.4, 0.5) is 10.2 Å². The molecule has 2 heterocycles. The van der Waals surface area contributed by atoms with E-state index in [0.717, 1.165) is 0 Å². The van der Waals surface area contributed by atoms with E-state index in [-0.39, 0.29) is 11.1 Å².